The van der Waals surface area contributed by atoms with E-state index in [1.54, 1.807) is 0 Å². The Labute approximate surface area is 235 Å². The van der Waals surface area contributed by atoms with Crippen molar-refractivity contribution in [1.29, 1.82) is 0 Å². The Morgan fingerprint density at radius 1 is 0.718 bits per heavy atom. The minimum absolute atomic E-state index is 0.823. The zero-order chi connectivity index (χ0) is 27.5. The summed E-state index contributed by atoms with van der Waals surface area (Å²) < 4.78 is 0. The Balaban J connectivity index is 1.78. The number of unbranched alkanes of at least 4 members (excludes halogenated alkanes) is 2. The fourth-order valence-electron chi connectivity index (χ4n) is 5.11. The van der Waals surface area contributed by atoms with E-state index in [0.717, 1.165) is 37.1 Å². The molecule has 0 amide bonds. The molecule has 0 aliphatic carbocycles. The monoisotopic (exact) mass is 514 g/mol. The third-order valence-electron chi connectivity index (χ3n) is 7.12. The molecule has 0 saturated heterocycles. The average Bonchev–Trinajstić information content (AvgIpc) is 2.97. The first-order valence-corrected chi connectivity index (χ1v) is 14.6. The molecule has 4 aromatic carbocycles. The Morgan fingerprint density at radius 3 is 2.05 bits per heavy atom. The highest BCUT2D eigenvalue weighted by Gasteiger charge is 2.14. The Morgan fingerprint density at radius 2 is 1.38 bits per heavy atom. The predicted molar refractivity (Wildman–Crippen MR) is 169 cm³/mol. The van der Waals surface area contributed by atoms with Crippen LogP contribution in [0, 0.1) is 6.92 Å². The molecule has 0 spiro atoms. The van der Waals surface area contributed by atoms with Gasteiger partial charge in [-0.2, -0.15) is 10.2 Å². The predicted octanol–water partition coefficient (Wildman–Crippen LogP) is 11.5. The van der Waals surface area contributed by atoms with Crippen LogP contribution in [0.3, 0.4) is 0 Å². The van der Waals surface area contributed by atoms with Gasteiger partial charge in [0.15, 0.2) is 0 Å². The molecule has 0 fully saturated rings. The molecule has 0 saturated carbocycles. The first-order valence-electron chi connectivity index (χ1n) is 14.6. The minimum Gasteiger partial charge on any atom is -0.155 e. The second-order valence-corrected chi connectivity index (χ2v) is 10.4. The van der Waals surface area contributed by atoms with Crippen LogP contribution in [0.5, 0.6) is 0 Å². The van der Waals surface area contributed by atoms with Gasteiger partial charge in [-0.1, -0.05) is 106 Å². The molecule has 0 atom stereocenters. The molecule has 0 bridgehead atoms. The van der Waals surface area contributed by atoms with Crippen LogP contribution in [0.15, 0.2) is 107 Å². The lowest BCUT2D eigenvalue weighted by Crippen LogP contribution is -1.96. The molecule has 0 heterocycles. The average molecular weight is 515 g/mol. The number of nitrogens with zero attached hydrogens (tertiary/aromatic N) is 2. The van der Waals surface area contributed by atoms with Crippen molar-refractivity contribution in [2.75, 3.05) is 0 Å². The molecule has 0 unspecified atom stereocenters. The fourth-order valence-corrected chi connectivity index (χ4v) is 5.11. The van der Waals surface area contributed by atoms with Crippen molar-refractivity contribution in [2.45, 2.75) is 72.6 Å². The van der Waals surface area contributed by atoms with Crippen molar-refractivity contribution in [2.24, 2.45) is 10.2 Å². The van der Waals surface area contributed by atoms with Crippen LogP contribution in [0.1, 0.15) is 75.1 Å². The van der Waals surface area contributed by atoms with Crippen LogP contribution in [0.2, 0.25) is 0 Å². The Kier molecular flexibility index (Phi) is 10.4. The normalized spacial score (nSPS) is 11.8. The molecular formula is C37H42N2. The van der Waals surface area contributed by atoms with Crippen molar-refractivity contribution in [3.8, 4) is 22.3 Å². The highest BCUT2D eigenvalue weighted by atomic mass is 15.1. The first kappa shape index (κ1) is 28.2. The maximum absolute atomic E-state index is 4.73. The summed E-state index contributed by atoms with van der Waals surface area (Å²) in [5.74, 6) is 0. The van der Waals surface area contributed by atoms with E-state index in [4.69, 9.17) is 5.11 Å². The van der Waals surface area contributed by atoms with Crippen molar-refractivity contribution < 1.29 is 0 Å². The molecule has 200 valence electrons. The second kappa shape index (κ2) is 14.4. The van der Waals surface area contributed by atoms with E-state index in [1.807, 2.05) is 0 Å². The third-order valence-corrected chi connectivity index (χ3v) is 7.12. The number of azo groups is 1. The summed E-state index contributed by atoms with van der Waals surface area (Å²) in [7, 11) is 0. The van der Waals surface area contributed by atoms with Gasteiger partial charge in [0.05, 0.1) is 11.4 Å². The Bertz CT molecular complexity index is 1400. The van der Waals surface area contributed by atoms with Gasteiger partial charge in [-0.05, 0) is 108 Å². The van der Waals surface area contributed by atoms with Crippen LogP contribution in [-0.2, 0) is 12.8 Å². The zero-order valence-electron chi connectivity index (χ0n) is 24.1. The molecule has 4 rings (SSSR count). The van der Waals surface area contributed by atoms with Gasteiger partial charge in [-0.3, -0.25) is 0 Å². The van der Waals surface area contributed by atoms with Crippen LogP contribution in [-0.4, -0.2) is 0 Å². The highest BCUT2D eigenvalue weighted by molar-refractivity contribution is 5.87. The van der Waals surface area contributed by atoms with E-state index in [0.29, 0.717) is 0 Å². The summed E-state index contributed by atoms with van der Waals surface area (Å²) in [6.07, 6.45) is 9.90. The molecule has 0 aliphatic heterocycles. The van der Waals surface area contributed by atoms with Crippen LogP contribution in [0.4, 0.5) is 5.69 Å². The number of hydrogen-bond donors (Lipinski definition) is 0. The number of benzene rings is 4. The van der Waals surface area contributed by atoms with Gasteiger partial charge in [-0.25, -0.2) is 0 Å². The van der Waals surface area contributed by atoms with Crippen LogP contribution in [0.25, 0.3) is 28.3 Å². The number of allylic oxidation sites excluding steroid dienone is 1. The van der Waals surface area contributed by atoms with Gasteiger partial charge < -0.3 is 0 Å². The topological polar surface area (TPSA) is 24.7 Å². The van der Waals surface area contributed by atoms with E-state index < -0.39 is 0 Å². The molecule has 0 N–H and O–H groups in total. The molecule has 39 heavy (non-hydrogen) atoms. The molecule has 0 radical (unpaired) electrons. The number of rotatable bonds is 12. The van der Waals surface area contributed by atoms with Crippen LogP contribution < -0.4 is 0 Å². The van der Waals surface area contributed by atoms with E-state index in [-0.39, 0.29) is 0 Å². The molecule has 0 aromatic heterocycles. The molecule has 2 heteroatoms. The zero-order valence-corrected chi connectivity index (χ0v) is 24.1. The summed E-state index contributed by atoms with van der Waals surface area (Å²) >= 11 is 0. The second-order valence-electron chi connectivity index (χ2n) is 10.4. The standard InChI is InChI=1S/C37H42N2/c1-5-8-16-29-22-28(4)23-35(25-29)39-38-34(7-3)26-30-24-33(17-9-6-2)37(32-20-14-11-15-21-32)36(27-30)31-18-12-10-13-19-31/h10-15,18-27H,5-9,16-17H2,1-4H3. The van der Waals surface area contributed by atoms with Gasteiger partial charge in [0.2, 0.25) is 0 Å². The van der Waals surface area contributed by atoms with E-state index in [2.05, 4.69) is 130 Å². The van der Waals surface area contributed by atoms with Crippen molar-refractivity contribution >= 4 is 11.8 Å². The van der Waals surface area contributed by atoms with Gasteiger partial charge in [-0.15, -0.1) is 0 Å². The third kappa shape index (κ3) is 7.86. The van der Waals surface area contributed by atoms with Gasteiger partial charge in [0.1, 0.15) is 0 Å². The number of aryl methyl sites for hydroxylation is 3. The summed E-state index contributed by atoms with van der Waals surface area (Å²) in [5, 5.41) is 9.41. The van der Waals surface area contributed by atoms with E-state index in [1.165, 1.54) is 63.8 Å². The molecule has 4 aromatic rings. The summed E-state index contributed by atoms with van der Waals surface area (Å²) in [4.78, 5) is 0. The van der Waals surface area contributed by atoms with Crippen molar-refractivity contribution in [1.82, 2.24) is 0 Å². The van der Waals surface area contributed by atoms with Crippen molar-refractivity contribution in [3.63, 3.8) is 0 Å². The summed E-state index contributed by atoms with van der Waals surface area (Å²) in [6.45, 7) is 8.79. The maximum Gasteiger partial charge on any atom is 0.0862 e. The summed E-state index contributed by atoms with van der Waals surface area (Å²) in [5.41, 5.74) is 12.2. The SMILES string of the molecule is CCCCc1cc(C)cc(N=NC(=Cc2cc(CCCC)c(-c3ccccc3)c(-c3ccccc3)c2)CC)c1. The van der Waals surface area contributed by atoms with Gasteiger partial charge in [0, 0.05) is 0 Å². The lowest BCUT2D eigenvalue weighted by atomic mass is 9.86. The molecule has 2 nitrogen and oxygen atoms in total. The van der Waals surface area contributed by atoms with Crippen LogP contribution >= 0.6 is 0 Å². The minimum atomic E-state index is 0.823. The van der Waals surface area contributed by atoms with Gasteiger partial charge >= 0.3 is 0 Å². The maximum atomic E-state index is 4.73. The first-order chi connectivity index (χ1) is 19.1. The van der Waals surface area contributed by atoms with E-state index >= 15 is 0 Å². The fraction of sp³-hybridized carbons (Fsp3) is 0.297. The lowest BCUT2D eigenvalue weighted by molar-refractivity contribution is 0.794. The van der Waals surface area contributed by atoms with Crippen molar-refractivity contribution in [3.05, 3.63) is 119 Å². The lowest BCUT2D eigenvalue weighted by Gasteiger charge is -2.18. The quantitative estimate of drug-likeness (QED) is 0.168. The van der Waals surface area contributed by atoms with E-state index in [9.17, 15) is 0 Å². The molecule has 0 aliphatic rings. The molecular weight excluding hydrogens is 472 g/mol. The smallest absolute Gasteiger partial charge is 0.0862 e. The Hall–Kier alpha value is -3.78. The largest absolute Gasteiger partial charge is 0.155 e. The van der Waals surface area contributed by atoms with Gasteiger partial charge in [0.25, 0.3) is 0 Å². The summed E-state index contributed by atoms with van der Waals surface area (Å²) in [6, 6.07) is 32.9. The number of hydrogen-bond acceptors (Lipinski definition) is 2. The highest BCUT2D eigenvalue weighted by Crippen LogP contribution is 2.37.